The molecular weight excluding hydrogens is 159 g/mol. The van der Waals surface area contributed by atoms with Crippen molar-refractivity contribution in [3.8, 4) is 0 Å². The molecule has 0 unspecified atom stereocenters. The minimum atomic E-state index is -1.46. The first kappa shape index (κ1) is 10.6. The predicted molar refractivity (Wildman–Crippen MR) is 51.1 cm³/mol. The fourth-order valence-corrected chi connectivity index (χ4v) is 1.24. The minimum Gasteiger partial charge on any atom is -0.423 e. The summed E-state index contributed by atoms with van der Waals surface area (Å²) in [6, 6.07) is 0. The van der Waals surface area contributed by atoms with Crippen LogP contribution in [0.1, 0.15) is 0 Å². The third-order valence-electron chi connectivity index (χ3n) is 1.19. The van der Waals surface area contributed by atoms with Gasteiger partial charge in [0.25, 0.3) is 0 Å². The van der Waals surface area contributed by atoms with Gasteiger partial charge in [0.2, 0.25) is 0 Å². The van der Waals surface area contributed by atoms with Crippen LogP contribution in [0.25, 0.3) is 0 Å². The molecule has 0 saturated carbocycles. The van der Waals surface area contributed by atoms with Crippen LogP contribution in [0.2, 0.25) is 0 Å². The zero-order valence-corrected chi connectivity index (χ0v) is 7.27. The lowest BCUT2D eigenvalue weighted by atomic mass is 9.79. The Kier molecular flexibility index (Phi) is 5.03. The van der Waals surface area contributed by atoms with Crippen LogP contribution in [-0.2, 0) is 0 Å². The van der Waals surface area contributed by atoms with E-state index in [0.717, 1.165) is 4.91 Å². The first-order valence-corrected chi connectivity index (χ1v) is 4.29. The van der Waals surface area contributed by atoms with Crippen LogP contribution in [0.5, 0.6) is 0 Å². The summed E-state index contributed by atoms with van der Waals surface area (Å²) in [6.07, 6.45) is 4.82. The molecule has 60 valence electrons. The molecule has 0 heterocycles. The van der Waals surface area contributed by atoms with Gasteiger partial charge < -0.3 is 10.0 Å². The van der Waals surface area contributed by atoms with Crippen LogP contribution in [0.3, 0.4) is 0 Å². The van der Waals surface area contributed by atoms with Crippen molar-refractivity contribution in [2.45, 2.75) is 0 Å². The Morgan fingerprint density at radius 3 is 2.00 bits per heavy atom. The highest BCUT2D eigenvalue weighted by Gasteiger charge is 2.14. The molecule has 0 aromatic rings. The van der Waals surface area contributed by atoms with E-state index in [9.17, 15) is 0 Å². The smallest absolute Gasteiger partial charge is 0.423 e. The molecule has 0 spiro atoms. The van der Waals surface area contributed by atoms with Gasteiger partial charge in [0.05, 0.1) is 0 Å². The lowest BCUT2D eigenvalue weighted by Gasteiger charge is -2.03. The normalized spacial score (nSPS) is 11.9. The maximum Gasteiger partial charge on any atom is 0.489 e. The molecule has 0 fully saturated rings. The first-order valence-electron chi connectivity index (χ1n) is 3.06. The third kappa shape index (κ3) is 2.97. The molecule has 0 aromatic carbocycles. The Labute approximate surface area is 71.5 Å². The molecule has 0 aliphatic heterocycles. The van der Waals surface area contributed by atoms with E-state index in [4.69, 9.17) is 10.0 Å². The van der Waals surface area contributed by atoms with E-state index in [1.54, 1.807) is 6.08 Å². The van der Waals surface area contributed by atoms with E-state index < -0.39 is 7.12 Å². The van der Waals surface area contributed by atoms with Crippen molar-refractivity contribution in [1.29, 1.82) is 0 Å². The number of hydrogen-bond acceptors (Lipinski definition) is 3. The van der Waals surface area contributed by atoms with Gasteiger partial charge in [-0.1, -0.05) is 25.3 Å². The highest BCUT2D eigenvalue weighted by atomic mass is 32.2. The molecule has 0 saturated heterocycles. The molecule has 0 bridgehead atoms. The van der Waals surface area contributed by atoms with Crippen molar-refractivity contribution in [2.24, 2.45) is 0 Å². The van der Waals surface area contributed by atoms with Gasteiger partial charge in [-0.15, -0.1) is 11.8 Å². The Morgan fingerprint density at radius 1 is 1.36 bits per heavy atom. The summed E-state index contributed by atoms with van der Waals surface area (Å²) in [5, 5.41) is 17.6. The summed E-state index contributed by atoms with van der Waals surface area (Å²) in [5.41, 5.74) is 0.396. The van der Waals surface area contributed by atoms with Gasteiger partial charge in [0, 0.05) is 4.91 Å². The first-order chi connectivity index (χ1) is 5.17. The molecule has 4 heteroatoms. The molecule has 0 atom stereocenters. The van der Waals surface area contributed by atoms with E-state index in [0.29, 0.717) is 5.47 Å². The topological polar surface area (TPSA) is 40.5 Å². The van der Waals surface area contributed by atoms with Crippen LogP contribution in [0.15, 0.2) is 35.7 Å². The number of rotatable bonds is 4. The van der Waals surface area contributed by atoms with Crippen LogP contribution in [-0.4, -0.2) is 23.4 Å². The van der Waals surface area contributed by atoms with Crippen molar-refractivity contribution in [3.63, 3.8) is 0 Å². The van der Waals surface area contributed by atoms with E-state index in [2.05, 4.69) is 13.2 Å². The third-order valence-corrected chi connectivity index (χ3v) is 2.03. The van der Waals surface area contributed by atoms with Gasteiger partial charge in [0.15, 0.2) is 0 Å². The average molecular weight is 170 g/mol. The molecule has 0 radical (unpaired) electrons. The van der Waals surface area contributed by atoms with E-state index >= 15 is 0 Å². The molecule has 0 rings (SSSR count). The van der Waals surface area contributed by atoms with Crippen molar-refractivity contribution in [1.82, 2.24) is 0 Å². The summed E-state index contributed by atoms with van der Waals surface area (Å²) in [6.45, 7) is 6.99. The molecule has 2 nitrogen and oxygen atoms in total. The molecule has 0 aromatic heterocycles. The summed E-state index contributed by atoms with van der Waals surface area (Å²) >= 11 is 1.40. The van der Waals surface area contributed by atoms with Crippen LogP contribution in [0, 0.1) is 0 Å². The highest BCUT2D eigenvalue weighted by Crippen LogP contribution is 2.18. The van der Waals surface area contributed by atoms with E-state index in [1.807, 2.05) is 6.26 Å². The molecule has 11 heavy (non-hydrogen) atoms. The maximum atomic E-state index is 8.81. The lowest BCUT2D eigenvalue weighted by Crippen LogP contribution is -2.14. The Balaban J connectivity index is 4.76. The molecule has 2 N–H and O–H groups in total. The van der Waals surface area contributed by atoms with Crippen LogP contribution in [0.4, 0.5) is 0 Å². The predicted octanol–water partition coefficient (Wildman–Crippen LogP) is 0.987. The molecule has 0 amide bonds. The van der Waals surface area contributed by atoms with Crippen molar-refractivity contribution in [3.05, 3.63) is 35.7 Å². The number of allylic oxidation sites excluding steroid dienone is 3. The average Bonchev–Trinajstić information content (AvgIpc) is 1.99. The van der Waals surface area contributed by atoms with Gasteiger partial charge in [-0.25, -0.2) is 0 Å². The number of hydrogen-bond donors (Lipinski definition) is 2. The second-order valence-electron chi connectivity index (χ2n) is 1.81. The van der Waals surface area contributed by atoms with E-state index in [1.165, 1.54) is 17.8 Å². The Hall–Kier alpha value is -0.445. The summed E-state index contributed by atoms with van der Waals surface area (Å²) < 4.78 is 0. The second kappa shape index (κ2) is 5.24. The Morgan fingerprint density at radius 2 is 1.91 bits per heavy atom. The fraction of sp³-hybridized carbons (Fsp3) is 0.143. The van der Waals surface area contributed by atoms with Crippen molar-refractivity contribution in [2.75, 3.05) is 6.26 Å². The van der Waals surface area contributed by atoms with Crippen LogP contribution < -0.4 is 0 Å². The monoisotopic (exact) mass is 170 g/mol. The van der Waals surface area contributed by atoms with Gasteiger partial charge in [0.1, 0.15) is 0 Å². The van der Waals surface area contributed by atoms with E-state index in [-0.39, 0.29) is 0 Å². The zero-order chi connectivity index (χ0) is 8.85. The SMILES string of the molecule is C=C/C(SC)=C(\C=C)B(O)O. The van der Waals surface area contributed by atoms with Gasteiger partial charge >= 0.3 is 7.12 Å². The summed E-state index contributed by atoms with van der Waals surface area (Å²) in [7, 11) is -1.46. The largest absolute Gasteiger partial charge is 0.489 e. The molecule has 0 aliphatic rings. The van der Waals surface area contributed by atoms with Gasteiger partial charge in [-0.3, -0.25) is 0 Å². The summed E-state index contributed by atoms with van der Waals surface area (Å²) in [5.74, 6) is 0. The quantitative estimate of drug-likeness (QED) is 0.488. The van der Waals surface area contributed by atoms with Crippen molar-refractivity contribution < 1.29 is 10.0 Å². The molecule has 0 aliphatic carbocycles. The maximum absolute atomic E-state index is 8.81. The fourth-order valence-electron chi connectivity index (χ4n) is 0.652. The second-order valence-corrected chi connectivity index (χ2v) is 2.65. The number of thioether (sulfide) groups is 1. The minimum absolute atomic E-state index is 0.396. The zero-order valence-electron chi connectivity index (χ0n) is 6.45. The summed E-state index contributed by atoms with van der Waals surface area (Å²) in [4.78, 5) is 0.731. The Bertz CT molecular complexity index is 187. The molecular formula is C7H11BO2S. The van der Waals surface area contributed by atoms with Gasteiger partial charge in [-0.05, 0) is 11.7 Å². The van der Waals surface area contributed by atoms with Gasteiger partial charge in [-0.2, -0.15) is 0 Å². The van der Waals surface area contributed by atoms with Crippen molar-refractivity contribution >= 4 is 18.9 Å². The lowest BCUT2D eigenvalue weighted by molar-refractivity contribution is 0.420. The van der Waals surface area contributed by atoms with Crippen LogP contribution >= 0.6 is 11.8 Å². The standard InChI is InChI=1S/C7H11BO2S/c1-4-6(8(9)10)7(5-2)11-3/h4-5,9-10H,1-2H2,3H3/b7-6-. The highest BCUT2D eigenvalue weighted by molar-refractivity contribution is 8.02.